The van der Waals surface area contributed by atoms with Gasteiger partial charge in [-0.1, -0.05) is 29.8 Å². The molecular weight excluding hydrogens is 328 g/mol. The van der Waals surface area contributed by atoms with E-state index in [1.807, 2.05) is 31.2 Å². The summed E-state index contributed by atoms with van der Waals surface area (Å²) in [5.74, 6) is 0.967. The summed E-state index contributed by atoms with van der Waals surface area (Å²) in [6.07, 6.45) is 0.660. The van der Waals surface area contributed by atoms with Crippen LogP contribution in [0.15, 0.2) is 36.4 Å². The Hall–Kier alpha value is -2.40. The monoisotopic (exact) mass is 348 g/mol. The van der Waals surface area contributed by atoms with Gasteiger partial charge in [-0.25, -0.2) is 0 Å². The number of hydrogen-bond acceptors (Lipinski definition) is 4. The highest BCUT2D eigenvalue weighted by Gasteiger charge is 2.15. The maximum atomic E-state index is 12.4. The average molecular weight is 349 g/mol. The molecule has 0 aliphatic rings. The summed E-state index contributed by atoms with van der Waals surface area (Å²) >= 11 is 6.00. The molecule has 0 saturated carbocycles. The molecule has 3 N–H and O–H groups in total. The number of benzene rings is 2. The molecule has 2 aromatic carbocycles. The first-order valence-corrected chi connectivity index (χ1v) is 8.06. The van der Waals surface area contributed by atoms with E-state index >= 15 is 0 Å². The van der Waals surface area contributed by atoms with Crippen molar-refractivity contribution in [3.63, 3.8) is 0 Å². The lowest BCUT2D eigenvalue weighted by Crippen LogP contribution is -2.26. The fourth-order valence-corrected chi connectivity index (χ4v) is 2.49. The SMILES string of the molecule is CCOc1ccccc1CCNC(=O)c1cc(Cl)c(N)cc1OC. The number of amides is 1. The minimum absolute atomic E-state index is 0.261. The molecule has 6 heteroatoms. The normalized spacial score (nSPS) is 10.3. The van der Waals surface area contributed by atoms with Gasteiger partial charge in [0.2, 0.25) is 0 Å². The Bertz CT molecular complexity index is 719. The zero-order valence-electron chi connectivity index (χ0n) is 13.8. The topological polar surface area (TPSA) is 73.6 Å². The van der Waals surface area contributed by atoms with Crippen molar-refractivity contribution < 1.29 is 14.3 Å². The predicted octanol–water partition coefficient (Wildman–Crippen LogP) is 3.30. The third-order valence-electron chi connectivity index (χ3n) is 3.52. The minimum Gasteiger partial charge on any atom is -0.496 e. The number of nitrogen functional groups attached to an aromatic ring is 1. The summed E-state index contributed by atoms with van der Waals surface area (Å²) in [6.45, 7) is 3.01. The van der Waals surface area contributed by atoms with Crippen LogP contribution in [0.25, 0.3) is 0 Å². The molecule has 24 heavy (non-hydrogen) atoms. The second-order valence-corrected chi connectivity index (χ2v) is 5.53. The molecule has 0 aromatic heterocycles. The summed E-state index contributed by atoms with van der Waals surface area (Å²) in [7, 11) is 1.48. The van der Waals surface area contributed by atoms with E-state index in [2.05, 4.69) is 5.32 Å². The van der Waals surface area contributed by atoms with Crippen LogP contribution in [0.1, 0.15) is 22.8 Å². The maximum Gasteiger partial charge on any atom is 0.255 e. The number of hydrogen-bond donors (Lipinski definition) is 2. The first-order valence-electron chi connectivity index (χ1n) is 7.68. The number of para-hydroxylation sites is 1. The number of halogens is 1. The first-order chi connectivity index (χ1) is 11.6. The molecule has 0 unspecified atom stereocenters. The Kier molecular flexibility index (Phi) is 6.32. The molecule has 0 radical (unpaired) electrons. The van der Waals surface area contributed by atoms with Gasteiger partial charge in [-0.2, -0.15) is 0 Å². The standard InChI is InChI=1S/C18H21ClN2O3/c1-3-24-16-7-5-4-6-12(16)8-9-21-18(22)13-10-14(19)15(20)11-17(13)23-2/h4-7,10-11H,3,8-9,20H2,1-2H3,(H,21,22). The van der Waals surface area contributed by atoms with Crippen LogP contribution in [0.2, 0.25) is 5.02 Å². The molecule has 0 aliphatic heterocycles. The van der Waals surface area contributed by atoms with Gasteiger partial charge in [0.25, 0.3) is 5.91 Å². The number of ether oxygens (including phenoxy) is 2. The van der Waals surface area contributed by atoms with Crippen molar-refractivity contribution in [2.45, 2.75) is 13.3 Å². The third kappa shape index (κ3) is 4.32. The molecule has 0 bridgehead atoms. The van der Waals surface area contributed by atoms with E-state index in [1.54, 1.807) is 6.07 Å². The molecule has 1 amide bonds. The Morgan fingerprint density at radius 1 is 1.25 bits per heavy atom. The van der Waals surface area contributed by atoms with E-state index in [0.717, 1.165) is 11.3 Å². The fourth-order valence-electron chi connectivity index (χ4n) is 2.33. The quantitative estimate of drug-likeness (QED) is 0.753. The summed E-state index contributed by atoms with van der Waals surface area (Å²) < 4.78 is 10.8. The number of methoxy groups -OCH3 is 1. The van der Waals surface area contributed by atoms with E-state index in [9.17, 15) is 4.79 Å². The minimum atomic E-state index is -0.261. The predicted molar refractivity (Wildman–Crippen MR) is 96.1 cm³/mol. The molecular formula is C18H21ClN2O3. The van der Waals surface area contributed by atoms with Crippen LogP contribution in [0.5, 0.6) is 11.5 Å². The van der Waals surface area contributed by atoms with E-state index in [0.29, 0.717) is 41.6 Å². The Labute approximate surface area is 146 Å². The van der Waals surface area contributed by atoms with E-state index in [1.165, 1.54) is 13.2 Å². The van der Waals surface area contributed by atoms with E-state index in [-0.39, 0.29) is 5.91 Å². The Morgan fingerprint density at radius 3 is 2.71 bits per heavy atom. The van der Waals surface area contributed by atoms with Crippen LogP contribution >= 0.6 is 11.6 Å². The molecule has 0 spiro atoms. The number of nitrogens with two attached hydrogens (primary N) is 1. The zero-order chi connectivity index (χ0) is 17.5. The summed E-state index contributed by atoms with van der Waals surface area (Å²) in [4.78, 5) is 12.4. The lowest BCUT2D eigenvalue weighted by molar-refractivity contribution is 0.0951. The van der Waals surface area contributed by atoms with Crippen LogP contribution in [-0.4, -0.2) is 26.2 Å². The van der Waals surface area contributed by atoms with Crippen LogP contribution in [0.4, 0.5) is 5.69 Å². The first kappa shape index (κ1) is 17.9. The van der Waals surface area contributed by atoms with Gasteiger partial charge in [-0.3, -0.25) is 4.79 Å². The van der Waals surface area contributed by atoms with Crippen molar-refractivity contribution in [1.29, 1.82) is 0 Å². The van der Waals surface area contributed by atoms with Crippen molar-refractivity contribution in [3.05, 3.63) is 52.5 Å². The van der Waals surface area contributed by atoms with Gasteiger partial charge < -0.3 is 20.5 Å². The van der Waals surface area contributed by atoms with E-state index < -0.39 is 0 Å². The molecule has 5 nitrogen and oxygen atoms in total. The lowest BCUT2D eigenvalue weighted by atomic mass is 10.1. The summed E-state index contributed by atoms with van der Waals surface area (Å²) in [6, 6.07) is 10.8. The Morgan fingerprint density at radius 2 is 2.00 bits per heavy atom. The molecule has 0 saturated heterocycles. The number of nitrogens with one attached hydrogen (secondary N) is 1. The van der Waals surface area contributed by atoms with Crippen molar-refractivity contribution >= 4 is 23.2 Å². The van der Waals surface area contributed by atoms with Gasteiger partial charge in [-0.05, 0) is 31.0 Å². The zero-order valence-corrected chi connectivity index (χ0v) is 14.5. The smallest absolute Gasteiger partial charge is 0.255 e. The highest BCUT2D eigenvalue weighted by Crippen LogP contribution is 2.28. The Balaban J connectivity index is 2.03. The highest BCUT2D eigenvalue weighted by atomic mass is 35.5. The van der Waals surface area contributed by atoms with Crippen LogP contribution < -0.4 is 20.5 Å². The van der Waals surface area contributed by atoms with E-state index in [4.69, 9.17) is 26.8 Å². The second kappa shape index (κ2) is 8.45. The number of rotatable bonds is 7. The van der Waals surface area contributed by atoms with Gasteiger partial charge in [0, 0.05) is 12.6 Å². The van der Waals surface area contributed by atoms with Gasteiger partial charge >= 0.3 is 0 Å². The number of anilines is 1. The van der Waals surface area contributed by atoms with Crippen LogP contribution in [-0.2, 0) is 6.42 Å². The van der Waals surface area contributed by atoms with Crippen molar-refractivity contribution in [1.82, 2.24) is 5.32 Å². The molecule has 2 rings (SSSR count). The largest absolute Gasteiger partial charge is 0.496 e. The maximum absolute atomic E-state index is 12.4. The summed E-state index contributed by atoms with van der Waals surface area (Å²) in [5.41, 5.74) is 7.50. The van der Waals surface area contributed by atoms with Crippen LogP contribution in [0, 0.1) is 0 Å². The van der Waals surface area contributed by atoms with Gasteiger partial charge in [-0.15, -0.1) is 0 Å². The van der Waals surface area contributed by atoms with Crippen molar-refractivity contribution in [2.75, 3.05) is 26.0 Å². The fraction of sp³-hybridized carbons (Fsp3) is 0.278. The molecule has 0 aliphatic carbocycles. The molecule has 0 atom stereocenters. The van der Waals surface area contributed by atoms with Crippen molar-refractivity contribution in [2.24, 2.45) is 0 Å². The molecule has 0 fully saturated rings. The highest BCUT2D eigenvalue weighted by molar-refractivity contribution is 6.33. The summed E-state index contributed by atoms with van der Waals surface area (Å²) in [5, 5.41) is 3.19. The lowest BCUT2D eigenvalue weighted by Gasteiger charge is -2.12. The van der Waals surface area contributed by atoms with Crippen molar-refractivity contribution in [3.8, 4) is 11.5 Å². The average Bonchev–Trinajstić information content (AvgIpc) is 2.58. The second-order valence-electron chi connectivity index (χ2n) is 5.12. The van der Waals surface area contributed by atoms with Gasteiger partial charge in [0.05, 0.1) is 30.0 Å². The van der Waals surface area contributed by atoms with Gasteiger partial charge in [0.15, 0.2) is 0 Å². The third-order valence-corrected chi connectivity index (χ3v) is 3.84. The van der Waals surface area contributed by atoms with Crippen LogP contribution in [0.3, 0.4) is 0 Å². The molecule has 0 heterocycles. The van der Waals surface area contributed by atoms with Gasteiger partial charge in [0.1, 0.15) is 11.5 Å². The molecule has 2 aromatic rings. The number of carbonyl (C=O) groups is 1. The molecule has 128 valence electrons. The number of carbonyl (C=O) groups excluding carboxylic acids is 1.